The van der Waals surface area contributed by atoms with Crippen LogP contribution < -0.4 is 9.65 Å². The van der Waals surface area contributed by atoms with E-state index in [1.807, 2.05) is 0 Å². The number of ether oxygens (including phenoxy) is 1. The SMILES string of the molecule is CC1(C[Se]c2ccccc2)C[Si](C)(c2ccccc2)CO1. The van der Waals surface area contributed by atoms with Crippen molar-refractivity contribution < 1.29 is 4.74 Å². The zero-order valence-electron chi connectivity index (χ0n) is 12.7. The van der Waals surface area contributed by atoms with Gasteiger partial charge in [0.2, 0.25) is 0 Å². The van der Waals surface area contributed by atoms with Crippen LogP contribution in [0.3, 0.4) is 0 Å². The number of benzene rings is 2. The quantitative estimate of drug-likeness (QED) is 0.761. The zero-order chi connectivity index (χ0) is 14.8. The molecule has 1 saturated heterocycles. The van der Waals surface area contributed by atoms with Gasteiger partial charge in [-0.05, 0) is 0 Å². The summed E-state index contributed by atoms with van der Waals surface area (Å²) in [6, 6.07) is 23.1. The van der Waals surface area contributed by atoms with Gasteiger partial charge in [-0.3, -0.25) is 0 Å². The molecule has 110 valence electrons. The summed E-state index contributed by atoms with van der Waals surface area (Å²) in [7, 11) is -1.45. The predicted molar refractivity (Wildman–Crippen MR) is 93.5 cm³/mol. The van der Waals surface area contributed by atoms with Crippen molar-refractivity contribution in [2.45, 2.75) is 30.4 Å². The van der Waals surface area contributed by atoms with Gasteiger partial charge in [0.05, 0.1) is 0 Å². The molecule has 0 amide bonds. The number of rotatable bonds is 4. The Morgan fingerprint density at radius 3 is 2.33 bits per heavy atom. The van der Waals surface area contributed by atoms with Crippen LogP contribution in [0.4, 0.5) is 0 Å². The number of hydrogen-bond acceptors (Lipinski definition) is 1. The molecule has 1 heterocycles. The molecule has 2 aromatic rings. The first kappa shape index (κ1) is 15.0. The average molecular weight is 361 g/mol. The Kier molecular flexibility index (Phi) is 4.37. The van der Waals surface area contributed by atoms with E-state index in [4.69, 9.17) is 4.74 Å². The van der Waals surface area contributed by atoms with Crippen LogP contribution in [0.2, 0.25) is 17.9 Å². The monoisotopic (exact) mass is 362 g/mol. The molecular weight excluding hydrogens is 339 g/mol. The van der Waals surface area contributed by atoms with Gasteiger partial charge in [0.1, 0.15) is 0 Å². The summed E-state index contributed by atoms with van der Waals surface area (Å²) in [5.41, 5.74) is 0.0760. The fourth-order valence-electron chi connectivity index (χ4n) is 3.13. The van der Waals surface area contributed by atoms with E-state index in [-0.39, 0.29) is 5.60 Å². The maximum atomic E-state index is 6.31. The Hall–Kier alpha value is -0.864. The molecular formula is C18H22OSeSi. The first-order valence-corrected chi connectivity index (χ1v) is 12.5. The second kappa shape index (κ2) is 6.09. The third-order valence-electron chi connectivity index (χ3n) is 4.26. The van der Waals surface area contributed by atoms with E-state index in [1.165, 1.54) is 15.8 Å². The van der Waals surface area contributed by atoms with Crippen LogP contribution in [0, 0.1) is 0 Å². The van der Waals surface area contributed by atoms with Gasteiger partial charge >= 0.3 is 135 Å². The zero-order valence-corrected chi connectivity index (χ0v) is 15.4. The van der Waals surface area contributed by atoms with E-state index < -0.39 is 8.07 Å². The normalized spacial score (nSPS) is 28.7. The van der Waals surface area contributed by atoms with Crippen LogP contribution in [0.15, 0.2) is 60.7 Å². The molecule has 1 nitrogen and oxygen atoms in total. The first-order chi connectivity index (χ1) is 10.1. The summed E-state index contributed by atoms with van der Waals surface area (Å²) in [4.78, 5) is 0. The van der Waals surface area contributed by atoms with E-state index in [9.17, 15) is 0 Å². The van der Waals surface area contributed by atoms with E-state index in [2.05, 4.69) is 74.1 Å². The molecule has 2 atom stereocenters. The Labute approximate surface area is 134 Å². The average Bonchev–Trinajstić information content (AvgIpc) is 2.85. The fourth-order valence-corrected chi connectivity index (χ4v) is 9.67. The van der Waals surface area contributed by atoms with Crippen molar-refractivity contribution in [3.05, 3.63) is 60.7 Å². The van der Waals surface area contributed by atoms with E-state index in [1.54, 1.807) is 5.19 Å². The molecule has 1 aliphatic rings. The third kappa shape index (κ3) is 3.49. The van der Waals surface area contributed by atoms with Gasteiger partial charge in [0.15, 0.2) is 0 Å². The van der Waals surface area contributed by atoms with Crippen molar-refractivity contribution in [2.24, 2.45) is 0 Å². The molecule has 0 radical (unpaired) electrons. The van der Waals surface area contributed by atoms with Gasteiger partial charge in [-0.1, -0.05) is 0 Å². The maximum absolute atomic E-state index is 6.31. The second-order valence-corrected chi connectivity index (χ2v) is 13.0. The van der Waals surface area contributed by atoms with Crippen molar-refractivity contribution in [3.63, 3.8) is 0 Å². The summed E-state index contributed by atoms with van der Waals surface area (Å²) in [6.45, 7) is 4.79. The van der Waals surface area contributed by atoms with Gasteiger partial charge in [-0.25, -0.2) is 0 Å². The Bertz CT molecular complexity index is 589. The molecule has 0 aliphatic carbocycles. The molecule has 0 N–H and O–H groups in total. The van der Waals surface area contributed by atoms with Crippen molar-refractivity contribution in [3.8, 4) is 0 Å². The van der Waals surface area contributed by atoms with Crippen LogP contribution >= 0.6 is 0 Å². The Morgan fingerprint density at radius 2 is 1.67 bits per heavy atom. The fraction of sp³-hybridized carbons (Fsp3) is 0.333. The standard InChI is InChI=1S/C18H22OSeSi/c1-18(13-20-16-9-5-3-6-10-16)14-21(2,15-19-18)17-11-7-4-8-12-17/h3-12H,13-15H2,1-2H3. The van der Waals surface area contributed by atoms with Gasteiger partial charge in [0.25, 0.3) is 0 Å². The van der Waals surface area contributed by atoms with Crippen LogP contribution in [0.5, 0.6) is 0 Å². The van der Waals surface area contributed by atoms with Crippen molar-refractivity contribution in [1.29, 1.82) is 0 Å². The Morgan fingerprint density at radius 1 is 1.05 bits per heavy atom. The van der Waals surface area contributed by atoms with Crippen molar-refractivity contribution >= 4 is 32.7 Å². The molecule has 2 aromatic carbocycles. The third-order valence-corrected chi connectivity index (χ3v) is 11.2. The first-order valence-electron chi connectivity index (χ1n) is 7.47. The van der Waals surface area contributed by atoms with Gasteiger partial charge in [0, 0.05) is 0 Å². The number of hydrogen-bond donors (Lipinski definition) is 0. The van der Waals surface area contributed by atoms with E-state index in [0.29, 0.717) is 15.0 Å². The van der Waals surface area contributed by atoms with Crippen LogP contribution in [-0.4, -0.2) is 34.9 Å². The predicted octanol–water partition coefficient (Wildman–Crippen LogP) is 2.75. The molecule has 1 aliphatic heterocycles. The van der Waals surface area contributed by atoms with Gasteiger partial charge in [-0.15, -0.1) is 0 Å². The van der Waals surface area contributed by atoms with E-state index in [0.717, 1.165) is 6.23 Å². The van der Waals surface area contributed by atoms with Crippen LogP contribution in [0.1, 0.15) is 6.92 Å². The van der Waals surface area contributed by atoms with E-state index >= 15 is 0 Å². The second-order valence-electron chi connectivity index (χ2n) is 6.44. The summed E-state index contributed by atoms with van der Waals surface area (Å²) >= 11 is 0.506. The molecule has 0 aromatic heterocycles. The summed E-state index contributed by atoms with van der Waals surface area (Å²) < 4.78 is 7.79. The minimum absolute atomic E-state index is 0.0760. The molecule has 1 fully saturated rings. The molecule has 2 unspecified atom stereocenters. The minimum atomic E-state index is -1.45. The van der Waals surface area contributed by atoms with Crippen molar-refractivity contribution in [1.82, 2.24) is 0 Å². The molecule has 3 rings (SSSR count). The molecule has 0 bridgehead atoms. The van der Waals surface area contributed by atoms with Gasteiger partial charge < -0.3 is 0 Å². The summed E-state index contributed by atoms with van der Waals surface area (Å²) in [6.07, 6.45) is 0.971. The van der Waals surface area contributed by atoms with Crippen LogP contribution in [-0.2, 0) is 4.74 Å². The Balaban J connectivity index is 1.68. The molecule has 3 heteroatoms. The summed E-state index contributed by atoms with van der Waals surface area (Å²) in [5, 5.41) is 2.72. The van der Waals surface area contributed by atoms with Crippen LogP contribution in [0.25, 0.3) is 0 Å². The molecule has 0 spiro atoms. The molecule has 0 saturated carbocycles. The topological polar surface area (TPSA) is 9.23 Å². The van der Waals surface area contributed by atoms with Gasteiger partial charge in [-0.2, -0.15) is 0 Å². The summed E-state index contributed by atoms with van der Waals surface area (Å²) in [5.74, 6) is 0. The molecule has 21 heavy (non-hydrogen) atoms. The van der Waals surface area contributed by atoms with Crippen molar-refractivity contribution in [2.75, 3.05) is 6.23 Å².